The number of ether oxygens (including phenoxy) is 2. The van der Waals surface area contributed by atoms with Crippen molar-refractivity contribution in [2.45, 2.75) is 25.0 Å². The number of aliphatic hydroxyl groups excluding tert-OH is 2. The fourth-order valence-corrected chi connectivity index (χ4v) is 0.893. The fraction of sp³-hybridized carbons (Fsp3) is 0.600. The number of aliphatic hydroxyl groups is 2. The minimum absolute atomic E-state index is 0.0166. The fourth-order valence-electron chi connectivity index (χ4n) is 0.893. The number of unbranched alkanes of at least 4 members (excludes halogenated alkanes) is 1. The third-order valence-electron chi connectivity index (χ3n) is 1.81. The van der Waals surface area contributed by atoms with Gasteiger partial charge in [0.05, 0.1) is 19.5 Å². The Morgan fingerprint density at radius 1 is 1.18 bits per heavy atom. The van der Waals surface area contributed by atoms with Gasteiger partial charge in [-0.25, -0.2) is 9.59 Å². The Morgan fingerprint density at radius 3 is 2.29 bits per heavy atom. The molecule has 0 radical (unpaired) electrons. The van der Waals surface area contributed by atoms with E-state index in [0.29, 0.717) is 19.4 Å². The van der Waals surface area contributed by atoms with Crippen molar-refractivity contribution >= 4 is 11.9 Å². The quantitative estimate of drug-likeness (QED) is 0.280. The van der Waals surface area contributed by atoms with Crippen molar-refractivity contribution in [1.82, 2.24) is 0 Å². The Labute approximate surface area is 98.3 Å². The van der Waals surface area contributed by atoms with Crippen LogP contribution in [0.1, 0.15) is 12.8 Å². The second-order valence-electron chi connectivity index (χ2n) is 3.14. The van der Waals surface area contributed by atoms with Crippen LogP contribution < -0.4 is 0 Å². The maximum Gasteiger partial charge on any atom is 0.338 e. The van der Waals surface area contributed by atoms with Crippen LogP contribution in [-0.4, -0.2) is 52.7 Å². The highest BCUT2D eigenvalue weighted by molar-refractivity contribution is 5.84. The molecule has 0 aromatic carbocycles. The molecule has 0 aliphatic rings. The van der Waals surface area contributed by atoms with Crippen LogP contribution in [0.25, 0.3) is 0 Å². The zero-order valence-electron chi connectivity index (χ0n) is 9.24. The summed E-state index contributed by atoms with van der Waals surface area (Å²) in [6.07, 6.45) is -1.84. The molecule has 17 heavy (non-hydrogen) atoms. The number of rotatable bonds is 9. The topological polar surface area (TPSA) is 113 Å². The molecule has 2 atom stereocenters. The standard InChI is InChI=1S/C10H16O7/c1-2-16-5-3-4-6-17-10(15)8(12)7(11)9(13)14/h2,7-8,11-12H,1,3-6H2,(H,13,14). The summed E-state index contributed by atoms with van der Waals surface area (Å²) in [6, 6.07) is 0. The summed E-state index contributed by atoms with van der Waals surface area (Å²) < 4.78 is 9.38. The summed E-state index contributed by atoms with van der Waals surface area (Å²) in [4.78, 5) is 21.3. The molecule has 0 heterocycles. The summed E-state index contributed by atoms with van der Waals surface area (Å²) in [7, 11) is 0. The molecule has 0 fully saturated rings. The molecular formula is C10H16O7. The summed E-state index contributed by atoms with van der Waals surface area (Å²) in [5, 5.41) is 26.2. The van der Waals surface area contributed by atoms with Gasteiger partial charge in [0, 0.05) is 0 Å². The smallest absolute Gasteiger partial charge is 0.338 e. The Bertz CT molecular complexity index is 263. The van der Waals surface area contributed by atoms with Gasteiger partial charge in [0.2, 0.25) is 0 Å². The van der Waals surface area contributed by atoms with Crippen molar-refractivity contribution in [3.63, 3.8) is 0 Å². The highest BCUT2D eigenvalue weighted by atomic mass is 16.6. The van der Waals surface area contributed by atoms with E-state index >= 15 is 0 Å². The van der Waals surface area contributed by atoms with Crippen LogP contribution in [0.2, 0.25) is 0 Å². The monoisotopic (exact) mass is 248 g/mol. The van der Waals surface area contributed by atoms with E-state index in [9.17, 15) is 9.59 Å². The van der Waals surface area contributed by atoms with E-state index in [1.807, 2.05) is 0 Å². The van der Waals surface area contributed by atoms with Crippen LogP contribution in [0.5, 0.6) is 0 Å². The van der Waals surface area contributed by atoms with E-state index in [1.54, 1.807) is 0 Å². The van der Waals surface area contributed by atoms with Crippen LogP contribution in [0.15, 0.2) is 12.8 Å². The third kappa shape index (κ3) is 6.54. The van der Waals surface area contributed by atoms with Gasteiger partial charge in [-0.1, -0.05) is 6.58 Å². The predicted octanol–water partition coefficient (Wildman–Crippen LogP) is -0.724. The lowest BCUT2D eigenvalue weighted by Gasteiger charge is -2.12. The molecule has 0 saturated carbocycles. The van der Waals surface area contributed by atoms with Crippen molar-refractivity contribution < 1.29 is 34.4 Å². The van der Waals surface area contributed by atoms with Gasteiger partial charge in [-0.05, 0) is 12.8 Å². The van der Waals surface area contributed by atoms with E-state index < -0.39 is 24.1 Å². The number of hydrogen-bond acceptors (Lipinski definition) is 6. The average molecular weight is 248 g/mol. The lowest BCUT2D eigenvalue weighted by molar-refractivity contribution is -0.169. The maximum atomic E-state index is 11.0. The number of carboxylic acids is 1. The molecule has 0 aliphatic heterocycles. The predicted molar refractivity (Wildman–Crippen MR) is 56.0 cm³/mol. The molecular weight excluding hydrogens is 232 g/mol. The normalized spacial score (nSPS) is 13.5. The van der Waals surface area contributed by atoms with Gasteiger partial charge in [0.15, 0.2) is 12.2 Å². The first kappa shape index (κ1) is 15.4. The molecule has 0 saturated heterocycles. The number of hydrogen-bond donors (Lipinski definition) is 3. The molecule has 0 bridgehead atoms. The van der Waals surface area contributed by atoms with Gasteiger partial charge in [0.1, 0.15) is 0 Å². The molecule has 0 rings (SSSR count). The number of carboxylic acid groups (broad SMARTS) is 1. The summed E-state index contributed by atoms with van der Waals surface area (Å²) in [5.41, 5.74) is 0. The molecule has 0 amide bonds. The van der Waals surface area contributed by atoms with Crippen LogP contribution in [0.4, 0.5) is 0 Å². The van der Waals surface area contributed by atoms with E-state index in [0.717, 1.165) is 0 Å². The lowest BCUT2D eigenvalue weighted by Crippen LogP contribution is -2.40. The van der Waals surface area contributed by atoms with Crippen molar-refractivity contribution in [2.75, 3.05) is 13.2 Å². The number of esters is 1. The van der Waals surface area contributed by atoms with Crippen molar-refractivity contribution in [3.8, 4) is 0 Å². The molecule has 0 aromatic rings. The van der Waals surface area contributed by atoms with Crippen molar-refractivity contribution in [1.29, 1.82) is 0 Å². The van der Waals surface area contributed by atoms with E-state index in [4.69, 9.17) is 20.1 Å². The number of aliphatic carboxylic acids is 1. The first-order chi connectivity index (χ1) is 8.00. The Balaban J connectivity index is 3.71. The summed E-state index contributed by atoms with van der Waals surface area (Å²) in [6.45, 7) is 3.79. The number of carbonyl (C=O) groups is 2. The largest absolute Gasteiger partial charge is 0.502 e. The van der Waals surface area contributed by atoms with E-state index in [-0.39, 0.29) is 6.61 Å². The highest BCUT2D eigenvalue weighted by Crippen LogP contribution is 1.99. The van der Waals surface area contributed by atoms with Gasteiger partial charge in [-0.3, -0.25) is 0 Å². The summed E-state index contributed by atoms with van der Waals surface area (Å²) in [5.74, 6) is -2.85. The second kappa shape index (κ2) is 8.54. The Kier molecular flexibility index (Phi) is 7.74. The van der Waals surface area contributed by atoms with Gasteiger partial charge in [0.25, 0.3) is 0 Å². The maximum absolute atomic E-state index is 11.0. The van der Waals surface area contributed by atoms with Gasteiger partial charge < -0.3 is 24.8 Å². The molecule has 0 spiro atoms. The van der Waals surface area contributed by atoms with Gasteiger partial charge >= 0.3 is 11.9 Å². The molecule has 0 aromatic heterocycles. The zero-order valence-corrected chi connectivity index (χ0v) is 9.24. The minimum Gasteiger partial charge on any atom is -0.502 e. The van der Waals surface area contributed by atoms with Crippen LogP contribution in [0.3, 0.4) is 0 Å². The zero-order chi connectivity index (χ0) is 13.3. The highest BCUT2D eigenvalue weighted by Gasteiger charge is 2.31. The molecule has 7 heteroatoms. The van der Waals surface area contributed by atoms with Crippen LogP contribution >= 0.6 is 0 Å². The molecule has 0 aliphatic carbocycles. The third-order valence-corrected chi connectivity index (χ3v) is 1.81. The van der Waals surface area contributed by atoms with E-state index in [1.165, 1.54) is 6.26 Å². The number of carbonyl (C=O) groups excluding carboxylic acids is 1. The molecule has 98 valence electrons. The SMILES string of the molecule is C=COCCCCOC(=O)C(O)C(O)C(=O)O. The van der Waals surface area contributed by atoms with Gasteiger partial charge in [-0.2, -0.15) is 0 Å². The van der Waals surface area contributed by atoms with Crippen LogP contribution in [0, 0.1) is 0 Å². The lowest BCUT2D eigenvalue weighted by atomic mass is 10.2. The first-order valence-corrected chi connectivity index (χ1v) is 4.98. The van der Waals surface area contributed by atoms with E-state index in [2.05, 4.69) is 11.3 Å². The van der Waals surface area contributed by atoms with Gasteiger partial charge in [-0.15, -0.1) is 0 Å². The molecule has 7 nitrogen and oxygen atoms in total. The molecule has 3 N–H and O–H groups in total. The van der Waals surface area contributed by atoms with Crippen molar-refractivity contribution in [3.05, 3.63) is 12.8 Å². The van der Waals surface area contributed by atoms with Crippen molar-refractivity contribution in [2.24, 2.45) is 0 Å². The minimum atomic E-state index is -2.17. The Morgan fingerprint density at radius 2 is 1.76 bits per heavy atom. The molecule has 2 unspecified atom stereocenters. The van der Waals surface area contributed by atoms with Crippen LogP contribution in [-0.2, 0) is 19.1 Å². The summed E-state index contributed by atoms with van der Waals surface area (Å²) >= 11 is 0. The Hall–Kier alpha value is -1.60. The second-order valence-corrected chi connectivity index (χ2v) is 3.14. The average Bonchev–Trinajstić information content (AvgIpc) is 2.31. The first-order valence-electron chi connectivity index (χ1n) is 4.98.